The molecule has 2 atom stereocenters. The third-order valence-corrected chi connectivity index (χ3v) is 3.88. The predicted molar refractivity (Wildman–Crippen MR) is 81.0 cm³/mol. The van der Waals surface area contributed by atoms with Crippen molar-refractivity contribution in [3.8, 4) is 5.75 Å². The van der Waals surface area contributed by atoms with Crippen molar-refractivity contribution in [1.82, 2.24) is 10.9 Å². The van der Waals surface area contributed by atoms with Gasteiger partial charge in [-0.3, -0.25) is 20.4 Å². The fourth-order valence-electron chi connectivity index (χ4n) is 2.55. The molecule has 0 saturated heterocycles. The molecule has 0 heterocycles. The van der Waals surface area contributed by atoms with Crippen LogP contribution in [-0.4, -0.2) is 16.9 Å². The van der Waals surface area contributed by atoms with E-state index in [4.69, 9.17) is 0 Å². The maximum absolute atomic E-state index is 13.7. The topological polar surface area (TPSA) is 78.4 Å². The number of hydrogen-bond donors (Lipinski definition) is 3. The first-order valence-corrected chi connectivity index (χ1v) is 7.20. The number of hydrogen-bond acceptors (Lipinski definition) is 3. The highest BCUT2D eigenvalue weighted by atomic mass is 19.1. The molecule has 1 aliphatic rings. The molecular formula is C17H15FN2O3. The standard InChI is InChI=1S/C17H15FN2O3/c18-14-7-3-1-5-10(14)12-9-13(12)17(23)20-19-16(22)11-6-2-4-8-15(11)21/h1-8,12-13,21H,9H2,(H,19,22)(H,20,23). The Morgan fingerprint density at radius 3 is 2.48 bits per heavy atom. The molecule has 0 radical (unpaired) electrons. The molecule has 2 aromatic rings. The molecule has 118 valence electrons. The van der Waals surface area contributed by atoms with Gasteiger partial charge < -0.3 is 5.11 Å². The molecule has 2 unspecified atom stereocenters. The maximum atomic E-state index is 13.7. The summed E-state index contributed by atoms with van der Waals surface area (Å²) in [7, 11) is 0. The van der Waals surface area contributed by atoms with Crippen molar-refractivity contribution in [1.29, 1.82) is 0 Å². The first-order chi connectivity index (χ1) is 11.1. The molecule has 1 saturated carbocycles. The minimum Gasteiger partial charge on any atom is -0.507 e. The molecule has 5 nitrogen and oxygen atoms in total. The van der Waals surface area contributed by atoms with Gasteiger partial charge in [0.2, 0.25) is 5.91 Å². The van der Waals surface area contributed by atoms with Crippen LogP contribution in [0.1, 0.15) is 28.3 Å². The minimum atomic E-state index is -0.612. The van der Waals surface area contributed by atoms with Gasteiger partial charge in [-0.2, -0.15) is 0 Å². The fraction of sp³-hybridized carbons (Fsp3) is 0.176. The van der Waals surface area contributed by atoms with Gasteiger partial charge in [-0.1, -0.05) is 30.3 Å². The largest absolute Gasteiger partial charge is 0.507 e. The minimum absolute atomic E-state index is 0.0641. The second-order valence-electron chi connectivity index (χ2n) is 5.43. The molecular weight excluding hydrogens is 299 g/mol. The Kier molecular flexibility index (Phi) is 3.97. The third-order valence-electron chi connectivity index (χ3n) is 3.88. The molecule has 3 rings (SSSR count). The van der Waals surface area contributed by atoms with Gasteiger partial charge in [0.1, 0.15) is 11.6 Å². The van der Waals surface area contributed by atoms with E-state index >= 15 is 0 Å². The summed E-state index contributed by atoms with van der Waals surface area (Å²) in [5.41, 5.74) is 5.15. The monoisotopic (exact) mass is 314 g/mol. The van der Waals surface area contributed by atoms with Crippen molar-refractivity contribution in [3.05, 3.63) is 65.5 Å². The molecule has 0 spiro atoms. The van der Waals surface area contributed by atoms with Crippen LogP contribution in [-0.2, 0) is 4.79 Å². The number of benzene rings is 2. The smallest absolute Gasteiger partial charge is 0.273 e. The SMILES string of the molecule is O=C(NNC(=O)C1CC1c1ccccc1F)c1ccccc1O. The van der Waals surface area contributed by atoms with E-state index in [2.05, 4.69) is 10.9 Å². The van der Waals surface area contributed by atoms with Crippen molar-refractivity contribution < 1.29 is 19.1 Å². The van der Waals surface area contributed by atoms with Crippen LogP contribution < -0.4 is 10.9 Å². The van der Waals surface area contributed by atoms with Crippen LogP contribution >= 0.6 is 0 Å². The number of hydrazine groups is 1. The number of nitrogens with one attached hydrogen (secondary N) is 2. The van der Waals surface area contributed by atoms with Crippen molar-refractivity contribution >= 4 is 11.8 Å². The molecule has 6 heteroatoms. The van der Waals surface area contributed by atoms with Gasteiger partial charge in [0.15, 0.2) is 0 Å². The molecule has 3 N–H and O–H groups in total. The van der Waals surface area contributed by atoms with Crippen LogP contribution in [0.2, 0.25) is 0 Å². The average Bonchev–Trinajstić information content (AvgIpc) is 3.33. The number of carbonyl (C=O) groups is 2. The zero-order chi connectivity index (χ0) is 16.4. The molecule has 23 heavy (non-hydrogen) atoms. The summed E-state index contributed by atoms with van der Waals surface area (Å²) in [5.74, 6) is -2.02. The Morgan fingerprint density at radius 2 is 1.74 bits per heavy atom. The van der Waals surface area contributed by atoms with Crippen molar-refractivity contribution in [2.75, 3.05) is 0 Å². The first kappa shape index (κ1) is 15.0. The highest BCUT2D eigenvalue weighted by Crippen LogP contribution is 2.48. The fourth-order valence-corrected chi connectivity index (χ4v) is 2.55. The molecule has 1 fully saturated rings. The van der Waals surface area contributed by atoms with Crippen LogP contribution in [0.15, 0.2) is 48.5 Å². The number of rotatable bonds is 3. The maximum Gasteiger partial charge on any atom is 0.273 e. The van der Waals surface area contributed by atoms with E-state index in [1.807, 2.05) is 0 Å². The molecule has 1 aliphatic carbocycles. The van der Waals surface area contributed by atoms with E-state index in [-0.39, 0.29) is 34.9 Å². The van der Waals surface area contributed by atoms with Crippen LogP contribution in [0.3, 0.4) is 0 Å². The highest BCUT2D eigenvalue weighted by Gasteiger charge is 2.45. The summed E-state index contributed by atoms with van der Waals surface area (Å²) >= 11 is 0. The van der Waals surface area contributed by atoms with Crippen molar-refractivity contribution in [2.24, 2.45) is 5.92 Å². The van der Waals surface area contributed by atoms with Crippen molar-refractivity contribution in [2.45, 2.75) is 12.3 Å². The van der Waals surface area contributed by atoms with E-state index in [9.17, 15) is 19.1 Å². The summed E-state index contributed by atoms with van der Waals surface area (Å²) in [6.07, 6.45) is 0.541. The molecule has 0 bridgehead atoms. The first-order valence-electron chi connectivity index (χ1n) is 7.20. The normalized spacial score (nSPS) is 19.0. The molecule has 0 aromatic heterocycles. The van der Waals surface area contributed by atoms with Gasteiger partial charge in [-0.15, -0.1) is 0 Å². The Balaban J connectivity index is 1.56. The zero-order valence-electron chi connectivity index (χ0n) is 12.1. The second-order valence-corrected chi connectivity index (χ2v) is 5.43. The van der Waals surface area contributed by atoms with E-state index in [1.165, 1.54) is 18.2 Å². The molecule has 2 amide bonds. The van der Waals surface area contributed by atoms with E-state index < -0.39 is 5.91 Å². The van der Waals surface area contributed by atoms with Crippen molar-refractivity contribution in [3.63, 3.8) is 0 Å². The quantitative estimate of drug-likeness (QED) is 0.759. The number of amides is 2. The van der Waals surface area contributed by atoms with E-state index in [0.717, 1.165) is 0 Å². The van der Waals surface area contributed by atoms with Gasteiger partial charge >= 0.3 is 0 Å². The number of aromatic hydroxyl groups is 1. The Morgan fingerprint density at radius 1 is 1.04 bits per heavy atom. The molecule has 0 aliphatic heterocycles. The average molecular weight is 314 g/mol. The summed E-state index contributed by atoms with van der Waals surface area (Å²) in [5, 5.41) is 9.57. The third kappa shape index (κ3) is 3.15. The summed E-state index contributed by atoms with van der Waals surface area (Å²) in [4.78, 5) is 23.9. The van der Waals surface area contributed by atoms with E-state index in [1.54, 1.807) is 30.3 Å². The van der Waals surface area contributed by atoms with Gasteiger partial charge in [0.25, 0.3) is 5.91 Å². The summed E-state index contributed by atoms with van der Waals surface area (Å²) in [6, 6.07) is 12.4. The lowest BCUT2D eigenvalue weighted by Crippen LogP contribution is -2.42. The van der Waals surface area contributed by atoms with Gasteiger partial charge in [0.05, 0.1) is 5.56 Å². The zero-order valence-corrected chi connectivity index (χ0v) is 12.1. The lowest BCUT2D eigenvalue weighted by atomic mass is 10.1. The van der Waals surface area contributed by atoms with Gasteiger partial charge in [-0.05, 0) is 36.1 Å². The van der Waals surface area contributed by atoms with Crippen LogP contribution in [0, 0.1) is 11.7 Å². The predicted octanol–water partition coefficient (Wildman–Crippen LogP) is 2.10. The Bertz CT molecular complexity index is 763. The number of phenols is 1. The number of halogens is 1. The van der Waals surface area contributed by atoms with Crippen LogP contribution in [0.4, 0.5) is 4.39 Å². The molecule has 2 aromatic carbocycles. The number of carbonyl (C=O) groups excluding carboxylic acids is 2. The number of phenolic OH excluding ortho intramolecular Hbond substituents is 1. The lowest BCUT2D eigenvalue weighted by molar-refractivity contribution is -0.123. The van der Waals surface area contributed by atoms with E-state index in [0.29, 0.717) is 12.0 Å². The summed E-state index contributed by atoms with van der Waals surface area (Å²) in [6.45, 7) is 0. The van der Waals surface area contributed by atoms with Gasteiger partial charge in [-0.25, -0.2) is 4.39 Å². The summed E-state index contributed by atoms with van der Waals surface area (Å²) < 4.78 is 13.7. The number of para-hydroxylation sites is 1. The van der Waals surface area contributed by atoms with Crippen LogP contribution in [0.5, 0.6) is 5.75 Å². The lowest BCUT2D eigenvalue weighted by Gasteiger charge is -2.08. The van der Waals surface area contributed by atoms with Gasteiger partial charge in [0, 0.05) is 5.92 Å². The van der Waals surface area contributed by atoms with Crippen LogP contribution in [0.25, 0.3) is 0 Å². The Labute approximate surface area is 132 Å². The Hall–Kier alpha value is -2.89. The second kappa shape index (κ2) is 6.08. The highest BCUT2D eigenvalue weighted by molar-refractivity contribution is 5.98.